The van der Waals surface area contributed by atoms with Crippen LogP contribution in [0.1, 0.15) is 80.1 Å². The highest BCUT2D eigenvalue weighted by molar-refractivity contribution is 7.82. The maximum absolute atomic E-state index is 4.81. The van der Waals surface area contributed by atoms with Gasteiger partial charge in [-0.3, -0.25) is 0 Å². The maximum Gasteiger partial charge on any atom is 0.0332 e. The highest BCUT2D eigenvalue weighted by Crippen LogP contribution is 2.18. The summed E-state index contributed by atoms with van der Waals surface area (Å²) in [7, 11) is 0. The van der Waals surface area contributed by atoms with Crippen molar-refractivity contribution >= 4 is 25.3 Å². The third-order valence-electron chi connectivity index (χ3n) is 5.22. The Morgan fingerprint density at radius 2 is 0.964 bits per heavy atom. The summed E-state index contributed by atoms with van der Waals surface area (Å²) in [5, 5.41) is 14.6. The van der Waals surface area contributed by atoms with E-state index >= 15 is 0 Å². The highest BCUT2D eigenvalue weighted by atomic mass is 32.1. The zero-order valence-corrected chi connectivity index (χ0v) is 21.3. The summed E-state index contributed by atoms with van der Waals surface area (Å²) < 4.78 is -0.110. The minimum atomic E-state index is -0.0548. The van der Waals surface area contributed by atoms with Crippen molar-refractivity contribution in [3.05, 3.63) is 0 Å². The summed E-state index contributed by atoms with van der Waals surface area (Å²) in [5.41, 5.74) is 0. The van der Waals surface area contributed by atoms with Crippen LogP contribution in [0.3, 0.4) is 0 Å². The number of thiol groups is 2. The predicted octanol–water partition coefficient (Wildman–Crippen LogP) is 3.88. The van der Waals surface area contributed by atoms with Gasteiger partial charge in [-0.05, 0) is 53.6 Å². The van der Waals surface area contributed by atoms with Crippen LogP contribution in [0.15, 0.2) is 0 Å². The molecule has 0 fully saturated rings. The molecule has 0 spiro atoms. The van der Waals surface area contributed by atoms with Crippen molar-refractivity contribution in [1.29, 1.82) is 0 Å². The first-order valence-electron chi connectivity index (χ1n) is 11.5. The van der Waals surface area contributed by atoms with Gasteiger partial charge in [-0.25, -0.2) is 0 Å². The van der Waals surface area contributed by atoms with E-state index < -0.39 is 0 Å². The molecule has 2 atom stereocenters. The molecule has 28 heavy (non-hydrogen) atoms. The molecule has 4 nitrogen and oxygen atoms in total. The van der Waals surface area contributed by atoms with E-state index in [9.17, 15) is 0 Å². The first kappa shape index (κ1) is 28.5. The number of hydrogen-bond donors (Lipinski definition) is 6. The Labute approximate surface area is 187 Å². The molecule has 0 bridgehead atoms. The van der Waals surface area contributed by atoms with Crippen molar-refractivity contribution in [2.75, 3.05) is 39.3 Å². The lowest BCUT2D eigenvalue weighted by Gasteiger charge is -2.33. The van der Waals surface area contributed by atoms with Gasteiger partial charge in [0.05, 0.1) is 0 Å². The van der Waals surface area contributed by atoms with Crippen molar-refractivity contribution < 1.29 is 0 Å². The first-order chi connectivity index (χ1) is 13.1. The minimum absolute atomic E-state index is 0.0548. The van der Waals surface area contributed by atoms with Gasteiger partial charge >= 0.3 is 0 Å². The SMILES string of the molecule is CCCCCNCC(NCCNC(CNCCCCC)C(C)(C)S)C(C)(C)S. The van der Waals surface area contributed by atoms with Crippen molar-refractivity contribution in [3.8, 4) is 0 Å². The van der Waals surface area contributed by atoms with Crippen LogP contribution in [0.25, 0.3) is 0 Å². The molecule has 0 aliphatic heterocycles. The summed E-state index contributed by atoms with van der Waals surface area (Å²) >= 11 is 9.62. The lowest BCUT2D eigenvalue weighted by atomic mass is 10.0. The number of unbranched alkanes of at least 4 members (excludes halogenated alkanes) is 4. The van der Waals surface area contributed by atoms with E-state index in [2.05, 4.69) is 62.8 Å². The molecular weight excluding hydrogens is 384 g/mol. The molecule has 2 unspecified atom stereocenters. The van der Waals surface area contributed by atoms with Gasteiger partial charge in [0.2, 0.25) is 0 Å². The second-order valence-electron chi connectivity index (χ2n) is 9.14. The van der Waals surface area contributed by atoms with Gasteiger partial charge in [0, 0.05) is 47.8 Å². The van der Waals surface area contributed by atoms with E-state index in [0.717, 1.165) is 39.3 Å². The van der Waals surface area contributed by atoms with Crippen molar-refractivity contribution in [2.45, 2.75) is 102 Å². The minimum Gasteiger partial charge on any atom is -0.315 e. The standard InChI is InChI=1S/C22H50N4S2/c1-7-9-11-13-23-17-19(21(3,4)27)25-15-16-26-20(22(5,6)28)18-24-14-12-10-8-2/h19-20,23-28H,7-18H2,1-6H3. The van der Waals surface area contributed by atoms with Crippen molar-refractivity contribution in [1.82, 2.24) is 21.3 Å². The molecule has 0 heterocycles. The fraction of sp³-hybridized carbons (Fsp3) is 1.00. The summed E-state index contributed by atoms with van der Waals surface area (Å²) in [4.78, 5) is 0. The van der Waals surface area contributed by atoms with Crippen LogP contribution in [-0.4, -0.2) is 60.8 Å². The molecular formula is C22H50N4S2. The van der Waals surface area contributed by atoms with Gasteiger partial charge in [-0.15, -0.1) is 0 Å². The van der Waals surface area contributed by atoms with E-state index in [-0.39, 0.29) is 9.49 Å². The Morgan fingerprint density at radius 3 is 1.25 bits per heavy atom. The molecule has 0 aromatic heterocycles. The normalized spacial score (nSPS) is 15.0. The monoisotopic (exact) mass is 434 g/mol. The molecule has 0 saturated carbocycles. The van der Waals surface area contributed by atoms with Crippen LogP contribution >= 0.6 is 25.3 Å². The van der Waals surface area contributed by atoms with Crippen LogP contribution < -0.4 is 21.3 Å². The van der Waals surface area contributed by atoms with Gasteiger partial charge < -0.3 is 21.3 Å². The molecule has 4 N–H and O–H groups in total. The largest absolute Gasteiger partial charge is 0.315 e. The van der Waals surface area contributed by atoms with Gasteiger partial charge in [0.1, 0.15) is 0 Å². The number of nitrogens with one attached hydrogen (secondary N) is 4. The van der Waals surface area contributed by atoms with Crippen LogP contribution in [0, 0.1) is 0 Å². The van der Waals surface area contributed by atoms with Crippen LogP contribution in [0.5, 0.6) is 0 Å². The summed E-state index contributed by atoms with van der Waals surface area (Å²) in [5.74, 6) is 0. The molecule has 170 valence electrons. The van der Waals surface area contributed by atoms with Gasteiger partial charge in [0.25, 0.3) is 0 Å². The molecule has 0 rings (SSSR count). The average molecular weight is 435 g/mol. The molecule has 0 aliphatic carbocycles. The lowest BCUT2D eigenvalue weighted by Crippen LogP contribution is -2.54. The molecule has 0 aromatic carbocycles. The van der Waals surface area contributed by atoms with Gasteiger partial charge in [-0.2, -0.15) is 25.3 Å². The zero-order valence-electron chi connectivity index (χ0n) is 19.5. The van der Waals surface area contributed by atoms with Crippen LogP contribution in [0.4, 0.5) is 0 Å². The summed E-state index contributed by atoms with van der Waals surface area (Å²) in [6.07, 6.45) is 7.63. The topological polar surface area (TPSA) is 48.1 Å². The Balaban J connectivity index is 4.24. The number of hydrogen-bond acceptors (Lipinski definition) is 6. The van der Waals surface area contributed by atoms with Crippen LogP contribution in [-0.2, 0) is 0 Å². The molecule has 0 radical (unpaired) electrons. The van der Waals surface area contributed by atoms with Crippen LogP contribution in [0.2, 0.25) is 0 Å². The molecule has 0 aliphatic rings. The smallest absolute Gasteiger partial charge is 0.0332 e. The van der Waals surface area contributed by atoms with E-state index in [1.165, 1.54) is 38.5 Å². The van der Waals surface area contributed by atoms with Gasteiger partial charge in [0.15, 0.2) is 0 Å². The second-order valence-corrected chi connectivity index (χ2v) is 11.4. The third kappa shape index (κ3) is 15.4. The number of rotatable bonds is 19. The third-order valence-corrected chi connectivity index (χ3v) is 5.85. The van der Waals surface area contributed by atoms with Crippen molar-refractivity contribution in [3.63, 3.8) is 0 Å². The Bertz CT molecular complexity index is 319. The van der Waals surface area contributed by atoms with Gasteiger partial charge in [-0.1, -0.05) is 39.5 Å². The zero-order chi connectivity index (χ0) is 21.5. The fourth-order valence-corrected chi connectivity index (χ4v) is 3.49. The van der Waals surface area contributed by atoms with E-state index in [1.807, 2.05) is 0 Å². The molecule has 0 saturated heterocycles. The lowest BCUT2D eigenvalue weighted by molar-refractivity contribution is 0.375. The molecule has 0 aromatic rings. The van der Waals surface area contributed by atoms with Crippen molar-refractivity contribution in [2.24, 2.45) is 0 Å². The summed E-state index contributed by atoms with van der Waals surface area (Å²) in [6.45, 7) is 19.2. The highest BCUT2D eigenvalue weighted by Gasteiger charge is 2.26. The Morgan fingerprint density at radius 1 is 0.607 bits per heavy atom. The van der Waals surface area contributed by atoms with E-state index in [1.54, 1.807) is 0 Å². The second kappa shape index (κ2) is 16.3. The van der Waals surface area contributed by atoms with E-state index in [0.29, 0.717) is 12.1 Å². The quantitative estimate of drug-likeness (QED) is 0.138. The first-order valence-corrected chi connectivity index (χ1v) is 12.3. The maximum atomic E-state index is 4.81. The Kier molecular flexibility index (Phi) is 16.6. The van der Waals surface area contributed by atoms with E-state index in [4.69, 9.17) is 25.3 Å². The molecule has 6 heteroatoms. The Hall–Kier alpha value is 0.540. The predicted molar refractivity (Wildman–Crippen MR) is 135 cm³/mol. The fourth-order valence-electron chi connectivity index (χ4n) is 3.13. The summed E-state index contributed by atoms with van der Waals surface area (Å²) in [6, 6.07) is 0.683. The molecule has 0 amide bonds. The average Bonchev–Trinajstić information content (AvgIpc) is 2.59.